The minimum atomic E-state index is -0.923. The van der Waals surface area contributed by atoms with Crippen LogP contribution in [0.15, 0.2) is 103 Å². The molecule has 4 aromatic carbocycles. The van der Waals surface area contributed by atoms with Crippen LogP contribution >= 0.6 is 0 Å². The van der Waals surface area contributed by atoms with Gasteiger partial charge in [0.15, 0.2) is 5.78 Å². The Hall–Kier alpha value is -5.24. The molecule has 1 heterocycles. The van der Waals surface area contributed by atoms with Crippen LogP contribution in [0.3, 0.4) is 0 Å². The molecule has 1 amide bonds. The zero-order valence-electron chi connectivity index (χ0n) is 31.5. The highest BCUT2D eigenvalue weighted by Crippen LogP contribution is 2.44. The molecule has 0 fully saturated rings. The summed E-state index contributed by atoms with van der Waals surface area (Å²) >= 11 is 0. The molecule has 1 aliphatic carbocycles. The summed E-state index contributed by atoms with van der Waals surface area (Å²) in [4.78, 5) is 43.3. The predicted molar refractivity (Wildman–Crippen MR) is 206 cm³/mol. The van der Waals surface area contributed by atoms with Crippen molar-refractivity contribution in [3.63, 3.8) is 0 Å². The Labute approximate surface area is 311 Å². The predicted octanol–water partition coefficient (Wildman–Crippen LogP) is 9.58. The third kappa shape index (κ3) is 8.70. The molecular formula is C45H49FN2O5. The van der Waals surface area contributed by atoms with Crippen molar-refractivity contribution < 1.29 is 28.2 Å². The number of hydrogen-bond acceptors (Lipinski definition) is 5. The maximum atomic E-state index is 14.5. The number of hydrogen-bond donors (Lipinski definition) is 0. The van der Waals surface area contributed by atoms with E-state index in [4.69, 9.17) is 9.47 Å². The highest BCUT2D eigenvalue weighted by molar-refractivity contribution is 5.92. The Balaban J connectivity index is 1.30. The molecule has 5 aromatic rings. The Kier molecular flexibility index (Phi) is 11.2. The van der Waals surface area contributed by atoms with Crippen molar-refractivity contribution in [2.24, 2.45) is 11.8 Å². The fourth-order valence-electron chi connectivity index (χ4n) is 7.50. The molecule has 8 heteroatoms. The Morgan fingerprint density at radius 1 is 0.849 bits per heavy atom. The van der Waals surface area contributed by atoms with Crippen LogP contribution in [-0.2, 0) is 32.0 Å². The molecule has 7 nitrogen and oxygen atoms in total. The van der Waals surface area contributed by atoms with Gasteiger partial charge in [-0.05, 0) is 84.7 Å². The molecule has 0 N–H and O–H groups in total. The van der Waals surface area contributed by atoms with Gasteiger partial charge in [0.2, 0.25) is 0 Å². The SMILES string of the molecule is CC(C)C[C@H](CC(=O)[C@H](Cc1cn(Cc2ccc(F)cc2)c2ccccc12)N(C)C(=O)OCC1c2ccccc2-c2ccccc21)C(=O)OC(C)(C)C. The monoisotopic (exact) mass is 716 g/mol. The average molecular weight is 717 g/mol. The molecule has 0 unspecified atom stereocenters. The smallest absolute Gasteiger partial charge is 0.410 e. The molecule has 2 atom stereocenters. The molecular weight excluding hydrogens is 668 g/mol. The lowest BCUT2D eigenvalue weighted by Gasteiger charge is -2.29. The van der Waals surface area contributed by atoms with Gasteiger partial charge in [-0.25, -0.2) is 9.18 Å². The van der Waals surface area contributed by atoms with Crippen LogP contribution in [0, 0.1) is 17.7 Å². The van der Waals surface area contributed by atoms with Crippen molar-refractivity contribution in [2.75, 3.05) is 13.7 Å². The summed E-state index contributed by atoms with van der Waals surface area (Å²) in [7, 11) is 1.60. The second kappa shape index (κ2) is 15.8. The number of rotatable bonds is 13. The van der Waals surface area contributed by atoms with Gasteiger partial charge in [0.05, 0.1) is 12.0 Å². The maximum Gasteiger partial charge on any atom is 0.410 e. The van der Waals surface area contributed by atoms with E-state index in [0.29, 0.717) is 13.0 Å². The van der Waals surface area contributed by atoms with Crippen molar-refractivity contribution in [3.8, 4) is 11.1 Å². The number of nitrogens with zero attached hydrogens (tertiary/aromatic N) is 2. The zero-order valence-corrected chi connectivity index (χ0v) is 31.5. The van der Waals surface area contributed by atoms with Crippen LogP contribution in [0.25, 0.3) is 22.0 Å². The third-order valence-electron chi connectivity index (χ3n) is 9.96. The number of likely N-dealkylation sites (N-methyl/N-ethyl adjacent to an activating group) is 1. The summed E-state index contributed by atoms with van der Waals surface area (Å²) in [6, 6.07) is 29.7. The summed E-state index contributed by atoms with van der Waals surface area (Å²) in [5.41, 5.74) is 6.49. The summed E-state index contributed by atoms with van der Waals surface area (Å²) < 4.78 is 27.6. The van der Waals surface area contributed by atoms with E-state index in [-0.39, 0.29) is 42.9 Å². The van der Waals surface area contributed by atoms with E-state index in [2.05, 4.69) is 28.8 Å². The number of Topliss-reactive ketones (excluding diaryl/α,β-unsaturated/α-hetero) is 1. The number of carbonyl (C=O) groups is 3. The second-order valence-corrected chi connectivity index (χ2v) is 15.6. The van der Waals surface area contributed by atoms with Gasteiger partial charge in [-0.2, -0.15) is 0 Å². The Morgan fingerprint density at radius 3 is 2.08 bits per heavy atom. The fourth-order valence-corrected chi connectivity index (χ4v) is 7.50. The van der Waals surface area contributed by atoms with Gasteiger partial charge in [0.1, 0.15) is 18.0 Å². The second-order valence-electron chi connectivity index (χ2n) is 15.6. The van der Waals surface area contributed by atoms with Gasteiger partial charge in [0, 0.05) is 49.5 Å². The van der Waals surface area contributed by atoms with E-state index in [0.717, 1.165) is 44.3 Å². The largest absolute Gasteiger partial charge is 0.460 e. The maximum absolute atomic E-state index is 14.5. The van der Waals surface area contributed by atoms with Gasteiger partial charge >= 0.3 is 12.1 Å². The number of esters is 1. The van der Waals surface area contributed by atoms with E-state index in [1.165, 1.54) is 17.0 Å². The van der Waals surface area contributed by atoms with Crippen molar-refractivity contribution in [2.45, 2.75) is 78.0 Å². The minimum Gasteiger partial charge on any atom is -0.460 e. The number of carbonyl (C=O) groups excluding carboxylic acids is 3. The standard InChI is InChI=1S/C45H49FN2O5/c1-29(2)23-31(43(50)53-45(3,4)5)25-42(49)41(24-32-27-48(40-18-12-11-13-34(32)40)26-30-19-21-33(46)22-20-30)47(6)44(51)52-28-39-37-16-9-7-14-35(37)36-15-8-10-17-38(36)39/h7-22,27,29,31,39,41H,23-26,28H2,1-6H3/t31-,41+/m1/s1. The molecule has 276 valence electrons. The van der Waals surface area contributed by atoms with Gasteiger partial charge in [-0.3, -0.25) is 9.59 Å². The van der Waals surface area contributed by atoms with Gasteiger partial charge in [-0.1, -0.05) is 92.7 Å². The number of ether oxygens (including phenoxy) is 2. The number of para-hydroxylation sites is 1. The first-order valence-electron chi connectivity index (χ1n) is 18.4. The Morgan fingerprint density at radius 2 is 1.45 bits per heavy atom. The van der Waals surface area contributed by atoms with E-state index in [9.17, 15) is 18.8 Å². The van der Waals surface area contributed by atoms with Crippen molar-refractivity contribution in [3.05, 3.63) is 131 Å². The molecule has 0 spiro atoms. The van der Waals surface area contributed by atoms with E-state index in [1.54, 1.807) is 19.2 Å². The molecule has 1 aliphatic rings. The summed E-state index contributed by atoms with van der Waals surface area (Å²) in [6.45, 7) is 10.1. The number of aromatic nitrogens is 1. The lowest BCUT2D eigenvalue weighted by atomic mass is 9.88. The highest BCUT2D eigenvalue weighted by atomic mass is 19.1. The molecule has 0 bridgehead atoms. The number of fused-ring (bicyclic) bond motifs is 4. The third-order valence-corrected chi connectivity index (χ3v) is 9.96. The molecule has 0 saturated carbocycles. The molecule has 53 heavy (non-hydrogen) atoms. The average Bonchev–Trinajstić information content (AvgIpc) is 3.63. The van der Waals surface area contributed by atoms with Crippen LogP contribution in [-0.4, -0.2) is 52.6 Å². The van der Waals surface area contributed by atoms with E-state index in [1.807, 2.05) is 89.3 Å². The van der Waals surface area contributed by atoms with Crippen LogP contribution in [0.2, 0.25) is 0 Å². The van der Waals surface area contributed by atoms with E-state index < -0.39 is 29.6 Å². The minimum absolute atomic E-state index is 0.0764. The molecule has 1 aromatic heterocycles. The first kappa shape index (κ1) is 37.5. The lowest BCUT2D eigenvalue weighted by molar-refractivity contribution is -0.162. The van der Waals surface area contributed by atoms with Gasteiger partial charge in [-0.15, -0.1) is 0 Å². The van der Waals surface area contributed by atoms with Gasteiger partial charge < -0.3 is 18.9 Å². The number of amides is 1. The zero-order chi connectivity index (χ0) is 37.9. The fraction of sp³-hybridized carbons (Fsp3) is 0.356. The topological polar surface area (TPSA) is 77.8 Å². The summed E-state index contributed by atoms with van der Waals surface area (Å²) in [5, 5.41) is 0.944. The lowest BCUT2D eigenvalue weighted by Crippen LogP contribution is -2.45. The summed E-state index contributed by atoms with van der Waals surface area (Å²) in [5.74, 6) is -1.62. The molecule has 0 radical (unpaired) electrons. The van der Waals surface area contributed by atoms with Gasteiger partial charge in [0.25, 0.3) is 0 Å². The van der Waals surface area contributed by atoms with Crippen molar-refractivity contribution >= 4 is 28.7 Å². The molecule has 0 saturated heterocycles. The number of ketones is 1. The van der Waals surface area contributed by atoms with Crippen molar-refractivity contribution in [1.82, 2.24) is 9.47 Å². The van der Waals surface area contributed by atoms with Crippen LogP contribution in [0.4, 0.5) is 9.18 Å². The highest BCUT2D eigenvalue weighted by Gasteiger charge is 2.36. The van der Waals surface area contributed by atoms with Crippen LogP contribution < -0.4 is 0 Å². The van der Waals surface area contributed by atoms with E-state index >= 15 is 0 Å². The molecule has 0 aliphatic heterocycles. The van der Waals surface area contributed by atoms with Crippen LogP contribution in [0.5, 0.6) is 0 Å². The quantitative estimate of drug-likeness (QED) is 0.114. The first-order chi connectivity index (χ1) is 25.3. The normalized spacial score (nSPS) is 13.7. The number of benzene rings is 4. The Bertz CT molecular complexity index is 2050. The summed E-state index contributed by atoms with van der Waals surface area (Å²) in [6.07, 6.45) is 1.99. The first-order valence-corrected chi connectivity index (χ1v) is 18.4. The number of halogens is 1. The van der Waals surface area contributed by atoms with Crippen LogP contribution in [0.1, 0.15) is 75.6 Å². The molecule has 6 rings (SSSR count). The van der Waals surface area contributed by atoms with Crippen molar-refractivity contribution in [1.29, 1.82) is 0 Å².